The number of carbonyl (C=O) groups is 1. The number of terminal acetylenes is 1. The SMILES string of the molecule is C#C.CC.CCC(O)c1ccc(Oc2ccc(/C=C/CNC(C)=O)cn2)c(Cl)c1. The van der Waals surface area contributed by atoms with Gasteiger partial charge in [-0.05, 0) is 35.7 Å². The van der Waals surface area contributed by atoms with E-state index in [0.29, 0.717) is 29.6 Å². The molecule has 0 radical (unpaired) electrons. The molecule has 0 saturated heterocycles. The molecule has 29 heavy (non-hydrogen) atoms. The van der Waals surface area contributed by atoms with Gasteiger partial charge in [0.2, 0.25) is 11.8 Å². The maximum absolute atomic E-state index is 10.8. The van der Waals surface area contributed by atoms with Gasteiger partial charge in [-0.25, -0.2) is 4.98 Å². The minimum atomic E-state index is -0.534. The van der Waals surface area contributed by atoms with E-state index in [-0.39, 0.29) is 5.91 Å². The van der Waals surface area contributed by atoms with Crippen molar-refractivity contribution in [1.82, 2.24) is 10.3 Å². The maximum Gasteiger partial charge on any atom is 0.219 e. The summed E-state index contributed by atoms with van der Waals surface area (Å²) in [7, 11) is 0. The lowest BCUT2D eigenvalue weighted by molar-refractivity contribution is -0.118. The highest BCUT2D eigenvalue weighted by Gasteiger charge is 2.10. The number of pyridine rings is 1. The van der Waals surface area contributed by atoms with E-state index in [0.717, 1.165) is 11.1 Å². The quantitative estimate of drug-likeness (QED) is 0.593. The summed E-state index contributed by atoms with van der Waals surface area (Å²) in [5.74, 6) is 0.834. The van der Waals surface area contributed by atoms with Crippen LogP contribution in [0.25, 0.3) is 6.08 Å². The van der Waals surface area contributed by atoms with Gasteiger partial charge < -0.3 is 15.2 Å². The lowest BCUT2D eigenvalue weighted by Gasteiger charge is -2.11. The zero-order valence-electron chi connectivity index (χ0n) is 17.4. The third-order valence-electron chi connectivity index (χ3n) is 3.48. The van der Waals surface area contributed by atoms with Crippen LogP contribution in [-0.4, -0.2) is 22.5 Å². The minimum Gasteiger partial charge on any atom is -0.437 e. The van der Waals surface area contributed by atoms with E-state index in [1.807, 2.05) is 39.0 Å². The Balaban J connectivity index is 0.00000184. The Labute approximate surface area is 178 Å². The number of hydrogen-bond donors (Lipinski definition) is 2. The number of aliphatic hydroxyl groups is 1. The molecule has 1 unspecified atom stereocenters. The molecule has 2 rings (SSSR count). The molecule has 156 valence electrons. The van der Waals surface area contributed by atoms with Crippen molar-refractivity contribution in [3.05, 3.63) is 58.8 Å². The lowest BCUT2D eigenvalue weighted by atomic mass is 10.1. The number of carbonyl (C=O) groups excluding carboxylic acids is 1. The number of rotatable bonds is 7. The van der Waals surface area contributed by atoms with Crippen LogP contribution >= 0.6 is 11.6 Å². The van der Waals surface area contributed by atoms with Crippen LogP contribution in [0.2, 0.25) is 5.02 Å². The summed E-state index contributed by atoms with van der Waals surface area (Å²) in [6.07, 6.45) is 13.5. The van der Waals surface area contributed by atoms with Crippen LogP contribution in [-0.2, 0) is 4.79 Å². The van der Waals surface area contributed by atoms with Crippen molar-refractivity contribution in [1.29, 1.82) is 0 Å². The van der Waals surface area contributed by atoms with Crippen LogP contribution in [0.3, 0.4) is 0 Å². The molecule has 0 aliphatic heterocycles. The lowest BCUT2D eigenvalue weighted by Crippen LogP contribution is -2.19. The fraction of sp³-hybridized carbons (Fsp3) is 0.304. The van der Waals surface area contributed by atoms with Gasteiger partial charge in [0, 0.05) is 25.7 Å². The monoisotopic (exact) mass is 416 g/mol. The first-order valence-corrected chi connectivity index (χ1v) is 9.73. The van der Waals surface area contributed by atoms with Crippen molar-refractivity contribution in [2.24, 2.45) is 0 Å². The van der Waals surface area contributed by atoms with Gasteiger partial charge in [-0.15, -0.1) is 12.8 Å². The highest BCUT2D eigenvalue weighted by atomic mass is 35.5. The van der Waals surface area contributed by atoms with Crippen LogP contribution in [0, 0.1) is 12.8 Å². The molecule has 1 amide bonds. The topological polar surface area (TPSA) is 71.5 Å². The van der Waals surface area contributed by atoms with Crippen molar-refractivity contribution in [2.75, 3.05) is 6.54 Å². The summed E-state index contributed by atoms with van der Waals surface area (Å²) in [5, 5.41) is 12.9. The average Bonchev–Trinajstić information content (AvgIpc) is 2.76. The van der Waals surface area contributed by atoms with Crippen molar-refractivity contribution in [3.63, 3.8) is 0 Å². The number of aliphatic hydroxyl groups excluding tert-OH is 1. The standard InChI is InChI=1S/C19H21ClN2O3.C2H6.C2H2/c1-3-17(24)15-7-8-18(16(20)11-15)25-19-9-6-14(12-22-19)5-4-10-21-13(2)23;2*1-2/h4-9,11-12,17,24H,3,10H2,1-2H3,(H,21,23);1-2H3;1-2H/b5-4+;;. The number of ether oxygens (including phenoxy) is 1. The van der Waals surface area contributed by atoms with Gasteiger partial charge in [0.1, 0.15) is 5.75 Å². The summed E-state index contributed by atoms with van der Waals surface area (Å²) >= 11 is 6.21. The second-order valence-corrected chi connectivity index (χ2v) is 5.89. The molecule has 6 heteroatoms. The van der Waals surface area contributed by atoms with Gasteiger partial charge in [0.05, 0.1) is 11.1 Å². The molecular weight excluding hydrogens is 388 g/mol. The van der Waals surface area contributed by atoms with Gasteiger partial charge in [-0.1, -0.05) is 50.6 Å². The normalized spacial score (nSPS) is 10.8. The molecule has 0 aliphatic carbocycles. The Kier molecular flexibility index (Phi) is 13.7. The predicted molar refractivity (Wildman–Crippen MR) is 120 cm³/mol. The zero-order chi connectivity index (χ0) is 22.2. The molecule has 1 heterocycles. The molecule has 0 spiro atoms. The number of nitrogens with zero attached hydrogens (tertiary/aromatic N) is 1. The Bertz CT molecular complexity index is 786. The van der Waals surface area contributed by atoms with E-state index in [2.05, 4.69) is 23.1 Å². The summed E-state index contributed by atoms with van der Waals surface area (Å²) in [6.45, 7) is 7.85. The minimum absolute atomic E-state index is 0.0686. The number of hydrogen-bond acceptors (Lipinski definition) is 4. The third kappa shape index (κ3) is 9.79. The molecule has 5 nitrogen and oxygen atoms in total. The summed E-state index contributed by atoms with van der Waals surface area (Å²) in [6, 6.07) is 8.80. The number of amides is 1. The largest absolute Gasteiger partial charge is 0.437 e. The van der Waals surface area contributed by atoms with Crippen LogP contribution in [0.1, 0.15) is 51.3 Å². The fourth-order valence-electron chi connectivity index (χ4n) is 2.10. The van der Waals surface area contributed by atoms with Gasteiger partial charge in [-0.2, -0.15) is 0 Å². The molecule has 0 bridgehead atoms. The van der Waals surface area contributed by atoms with Crippen LogP contribution < -0.4 is 10.1 Å². The number of aromatic nitrogens is 1. The smallest absolute Gasteiger partial charge is 0.219 e. The van der Waals surface area contributed by atoms with E-state index in [1.54, 1.807) is 30.5 Å². The molecule has 2 aromatic rings. The Morgan fingerprint density at radius 3 is 2.52 bits per heavy atom. The third-order valence-corrected chi connectivity index (χ3v) is 3.78. The average molecular weight is 417 g/mol. The second-order valence-electron chi connectivity index (χ2n) is 5.49. The van der Waals surface area contributed by atoms with E-state index < -0.39 is 6.10 Å². The Morgan fingerprint density at radius 2 is 2.00 bits per heavy atom. The van der Waals surface area contributed by atoms with Crippen LogP contribution in [0.5, 0.6) is 11.6 Å². The van der Waals surface area contributed by atoms with Gasteiger partial charge >= 0.3 is 0 Å². The van der Waals surface area contributed by atoms with Gasteiger partial charge in [0.15, 0.2) is 0 Å². The molecule has 2 N–H and O–H groups in total. The molecule has 0 fully saturated rings. The predicted octanol–water partition coefficient (Wildman–Crippen LogP) is 5.40. The number of halogens is 1. The molecular formula is C23H29ClN2O3. The Hall–Kier alpha value is -2.81. The maximum atomic E-state index is 10.8. The first-order chi connectivity index (χ1) is 14.0. The summed E-state index contributed by atoms with van der Waals surface area (Å²) in [4.78, 5) is 15.0. The summed E-state index contributed by atoms with van der Waals surface area (Å²) < 4.78 is 5.68. The van der Waals surface area contributed by atoms with Crippen LogP contribution in [0.15, 0.2) is 42.6 Å². The van der Waals surface area contributed by atoms with E-state index in [9.17, 15) is 9.90 Å². The molecule has 1 atom stereocenters. The van der Waals surface area contributed by atoms with Crippen molar-refractivity contribution < 1.29 is 14.6 Å². The second kappa shape index (κ2) is 15.2. The van der Waals surface area contributed by atoms with E-state index in [4.69, 9.17) is 16.3 Å². The highest BCUT2D eigenvalue weighted by Crippen LogP contribution is 2.31. The van der Waals surface area contributed by atoms with E-state index >= 15 is 0 Å². The van der Waals surface area contributed by atoms with Crippen LogP contribution in [0.4, 0.5) is 0 Å². The van der Waals surface area contributed by atoms with Gasteiger partial charge in [0.25, 0.3) is 0 Å². The molecule has 0 aliphatic rings. The number of nitrogens with one attached hydrogen (secondary N) is 1. The molecule has 1 aromatic heterocycles. The van der Waals surface area contributed by atoms with E-state index in [1.165, 1.54) is 6.92 Å². The Morgan fingerprint density at radius 1 is 1.31 bits per heavy atom. The summed E-state index contributed by atoms with van der Waals surface area (Å²) in [5.41, 5.74) is 1.65. The van der Waals surface area contributed by atoms with Crippen molar-refractivity contribution >= 4 is 23.6 Å². The first kappa shape index (κ1) is 26.2. The molecule has 0 saturated carbocycles. The fourth-order valence-corrected chi connectivity index (χ4v) is 2.33. The van der Waals surface area contributed by atoms with Gasteiger partial charge in [-0.3, -0.25) is 4.79 Å². The van der Waals surface area contributed by atoms with Crippen molar-refractivity contribution in [3.8, 4) is 24.5 Å². The van der Waals surface area contributed by atoms with Crippen molar-refractivity contribution in [2.45, 2.75) is 40.2 Å². The molecule has 1 aromatic carbocycles. The zero-order valence-corrected chi connectivity index (χ0v) is 18.1. The highest BCUT2D eigenvalue weighted by molar-refractivity contribution is 6.32. The first-order valence-electron chi connectivity index (χ1n) is 9.35. The number of benzene rings is 1.